The van der Waals surface area contributed by atoms with E-state index in [1.807, 2.05) is 30.3 Å². The molecule has 15 heavy (non-hydrogen) atoms. The smallest absolute Gasteiger partial charge is 0.0899 e. The average Bonchev–Trinajstić information content (AvgIpc) is 2.83. The van der Waals surface area contributed by atoms with Gasteiger partial charge in [0.25, 0.3) is 0 Å². The van der Waals surface area contributed by atoms with Crippen LogP contribution in [-0.4, -0.2) is 11.5 Å². The molecule has 4 heteroatoms. The highest BCUT2D eigenvalue weighted by Crippen LogP contribution is 2.28. The highest BCUT2D eigenvalue weighted by Gasteiger charge is 2.29. The summed E-state index contributed by atoms with van der Waals surface area (Å²) in [4.78, 5) is 5.04. The fourth-order valence-corrected chi connectivity index (χ4v) is 2.30. The van der Waals surface area contributed by atoms with E-state index in [0.29, 0.717) is 6.54 Å². The van der Waals surface area contributed by atoms with Gasteiger partial charge < -0.3 is 11.5 Å². The van der Waals surface area contributed by atoms with Crippen molar-refractivity contribution < 1.29 is 0 Å². The lowest BCUT2D eigenvalue weighted by atomic mass is 9.90. The van der Waals surface area contributed by atoms with Gasteiger partial charge in [-0.05, 0) is 5.56 Å². The van der Waals surface area contributed by atoms with E-state index in [1.54, 1.807) is 11.7 Å². The van der Waals surface area contributed by atoms with Crippen molar-refractivity contribution in [3.63, 3.8) is 0 Å². The molecule has 78 valence electrons. The molecule has 4 N–H and O–H groups in total. The van der Waals surface area contributed by atoms with E-state index in [-0.39, 0.29) is 0 Å². The lowest BCUT2D eigenvalue weighted by Crippen LogP contribution is -2.44. The Labute approximate surface area is 92.8 Å². The lowest BCUT2D eigenvalue weighted by molar-refractivity contribution is 0.562. The van der Waals surface area contributed by atoms with Gasteiger partial charge in [-0.1, -0.05) is 30.3 Å². The van der Waals surface area contributed by atoms with Crippen molar-refractivity contribution in [3.05, 3.63) is 52.5 Å². The van der Waals surface area contributed by atoms with E-state index in [2.05, 4.69) is 4.98 Å². The van der Waals surface area contributed by atoms with Crippen LogP contribution in [-0.2, 0) is 5.54 Å². The first-order valence-electron chi connectivity index (χ1n) is 4.71. The molecule has 0 aliphatic rings. The van der Waals surface area contributed by atoms with Gasteiger partial charge >= 0.3 is 0 Å². The maximum Gasteiger partial charge on any atom is 0.0899 e. The summed E-state index contributed by atoms with van der Waals surface area (Å²) in [5.74, 6) is 0. The van der Waals surface area contributed by atoms with Crippen LogP contribution < -0.4 is 11.5 Å². The van der Waals surface area contributed by atoms with Crippen molar-refractivity contribution in [3.8, 4) is 0 Å². The molecule has 1 atom stereocenters. The molecule has 0 aliphatic heterocycles. The van der Waals surface area contributed by atoms with E-state index < -0.39 is 5.54 Å². The standard InChI is InChI=1S/C11H13N3S/c12-7-11(13,10-6-14-8-15-10)9-4-2-1-3-5-9/h1-6,8H,7,12-13H2. The Kier molecular flexibility index (Phi) is 2.81. The summed E-state index contributed by atoms with van der Waals surface area (Å²) in [6.07, 6.45) is 1.78. The minimum Gasteiger partial charge on any atom is -0.328 e. The van der Waals surface area contributed by atoms with Crippen LogP contribution in [0.25, 0.3) is 0 Å². The van der Waals surface area contributed by atoms with Crippen LogP contribution in [0, 0.1) is 0 Å². The molecule has 0 aliphatic carbocycles. The molecule has 0 spiro atoms. The molecule has 1 aromatic carbocycles. The van der Waals surface area contributed by atoms with E-state index in [9.17, 15) is 0 Å². The van der Waals surface area contributed by atoms with Crippen LogP contribution in [0.2, 0.25) is 0 Å². The van der Waals surface area contributed by atoms with Crippen molar-refractivity contribution in [2.24, 2.45) is 11.5 Å². The first-order valence-corrected chi connectivity index (χ1v) is 5.59. The average molecular weight is 219 g/mol. The van der Waals surface area contributed by atoms with Crippen LogP contribution in [0.4, 0.5) is 0 Å². The van der Waals surface area contributed by atoms with Crippen molar-refractivity contribution in [1.82, 2.24) is 4.98 Å². The molecule has 2 rings (SSSR count). The zero-order valence-electron chi connectivity index (χ0n) is 8.26. The monoisotopic (exact) mass is 219 g/mol. The van der Waals surface area contributed by atoms with Crippen molar-refractivity contribution in [1.29, 1.82) is 0 Å². The van der Waals surface area contributed by atoms with Gasteiger partial charge in [0.15, 0.2) is 0 Å². The Morgan fingerprint density at radius 1 is 1.27 bits per heavy atom. The van der Waals surface area contributed by atoms with Crippen molar-refractivity contribution >= 4 is 11.3 Å². The SMILES string of the molecule is NCC(N)(c1ccccc1)c1cncs1. The summed E-state index contributed by atoms with van der Waals surface area (Å²) in [7, 11) is 0. The van der Waals surface area contributed by atoms with Crippen molar-refractivity contribution in [2.45, 2.75) is 5.54 Å². The molecule has 0 amide bonds. The summed E-state index contributed by atoms with van der Waals surface area (Å²) in [5, 5.41) is 0. The van der Waals surface area contributed by atoms with Crippen LogP contribution in [0.3, 0.4) is 0 Å². The number of hydrogen-bond donors (Lipinski definition) is 2. The lowest BCUT2D eigenvalue weighted by Gasteiger charge is -2.26. The molecule has 1 aromatic heterocycles. The summed E-state index contributed by atoms with van der Waals surface area (Å²) in [5.41, 5.74) is 14.3. The van der Waals surface area contributed by atoms with E-state index in [0.717, 1.165) is 10.4 Å². The van der Waals surface area contributed by atoms with Gasteiger partial charge in [0.05, 0.1) is 15.9 Å². The van der Waals surface area contributed by atoms with Gasteiger partial charge in [-0.3, -0.25) is 4.98 Å². The highest BCUT2D eigenvalue weighted by atomic mass is 32.1. The molecule has 0 fully saturated rings. The number of aromatic nitrogens is 1. The normalized spacial score (nSPS) is 14.8. The first kappa shape index (κ1) is 10.3. The minimum absolute atomic E-state index is 0.374. The second kappa shape index (κ2) is 4.10. The molecule has 1 unspecified atom stereocenters. The van der Waals surface area contributed by atoms with Crippen LogP contribution >= 0.6 is 11.3 Å². The number of nitrogens with zero attached hydrogens (tertiary/aromatic N) is 1. The number of benzene rings is 1. The van der Waals surface area contributed by atoms with Gasteiger partial charge in [-0.15, -0.1) is 11.3 Å². The number of nitrogens with two attached hydrogens (primary N) is 2. The zero-order chi connectivity index (χ0) is 10.7. The zero-order valence-corrected chi connectivity index (χ0v) is 9.08. The largest absolute Gasteiger partial charge is 0.328 e. The predicted octanol–water partition coefficient (Wildman–Crippen LogP) is 1.30. The van der Waals surface area contributed by atoms with Gasteiger partial charge in [0, 0.05) is 12.7 Å². The third-order valence-electron chi connectivity index (χ3n) is 2.48. The molecule has 0 saturated heterocycles. The predicted molar refractivity (Wildman–Crippen MR) is 62.6 cm³/mol. The summed E-state index contributed by atoms with van der Waals surface area (Å²) < 4.78 is 0. The highest BCUT2D eigenvalue weighted by molar-refractivity contribution is 7.09. The van der Waals surface area contributed by atoms with Crippen LogP contribution in [0.5, 0.6) is 0 Å². The Balaban J connectivity index is 2.47. The molecule has 0 bridgehead atoms. The Morgan fingerprint density at radius 3 is 2.53 bits per heavy atom. The van der Waals surface area contributed by atoms with E-state index in [1.165, 1.54) is 11.3 Å². The van der Waals surface area contributed by atoms with Gasteiger partial charge in [-0.25, -0.2) is 0 Å². The summed E-state index contributed by atoms with van der Waals surface area (Å²) in [6, 6.07) is 9.88. The number of thiazole rings is 1. The Hall–Kier alpha value is -1.23. The third-order valence-corrected chi connectivity index (χ3v) is 3.43. The first-order chi connectivity index (χ1) is 7.27. The quantitative estimate of drug-likeness (QED) is 0.818. The fraction of sp³-hybridized carbons (Fsp3) is 0.182. The second-order valence-corrected chi connectivity index (χ2v) is 4.29. The maximum atomic E-state index is 6.33. The van der Waals surface area contributed by atoms with Crippen LogP contribution in [0.15, 0.2) is 42.0 Å². The maximum absolute atomic E-state index is 6.33. The number of hydrogen-bond acceptors (Lipinski definition) is 4. The summed E-state index contributed by atoms with van der Waals surface area (Å²) in [6.45, 7) is 0.374. The molecular weight excluding hydrogens is 206 g/mol. The molecule has 3 nitrogen and oxygen atoms in total. The van der Waals surface area contributed by atoms with Gasteiger partial charge in [0.2, 0.25) is 0 Å². The topological polar surface area (TPSA) is 64.9 Å². The fourth-order valence-electron chi connectivity index (χ4n) is 1.53. The summed E-state index contributed by atoms with van der Waals surface area (Å²) >= 11 is 1.53. The third kappa shape index (κ3) is 1.79. The molecule has 2 aromatic rings. The Bertz CT molecular complexity index is 413. The van der Waals surface area contributed by atoms with E-state index >= 15 is 0 Å². The van der Waals surface area contributed by atoms with Gasteiger partial charge in [-0.2, -0.15) is 0 Å². The number of rotatable bonds is 3. The molecule has 0 saturated carbocycles. The van der Waals surface area contributed by atoms with Gasteiger partial charge in [0.1, 0.15) is 0 Å². The molecule has 0 radical (unpaired) electrons. The molecule has 1 heterocycles. The van der Waals surface area contributed by atoms with Crippen molar-refractivity contribution in [2.75, 3.05) is 6.54 Å². The molecular formula is C11H13N3S. The van der Waals surface area contributed by atoms with E-state index in [4.69, 9.17) is 11.5 Å². The Morgan fingerprint density at radius 2 is 2.00 bits per heavy atom. The minimum atomic E-state index is -0.609. The second-order valence-electron chi connectivity index (χ2n) is 3.41. The van der Waals surface area contributed by atoms with Crippen LogP contribution in [0.1, 0.15) is 10.4 Å².